The molecule has 0 radical (unpaired) electrons. The Morgan fingerprint density at radius 1 is 0.615 bits per heavy atom. The molecule has 0 saturated carbocycles. The van der Waals surface area contributed by atoms with E-state index in [1.807, 2.05) is 0 Å². The number of aromatic carboxylic acids is 2. The van der Waals surface area contributed by atoms with Gasteiger partial charge in [0.25, 0.3) is 0 Å². The molecule has 0 spiro atoms. The lowest BCUT2D eigenvalue weighted by Crippen LogP contribution is -2.14. The first kappa shape index (κ1) is 18.3. The van der Waals surface area contributed by atoms with Crippen molar-refractivity contribution in [3.05, 3.63) is 52.6 Å². The summed E-state index contributed by atoms with van der Waals surface area (Å²) in [4.78, 5) is 45.9. The number of phenolic OH excluding ortho intramolecular Hbond substituents is 3. The van der Waals surface area contributed by atoms with Gasteiger partial charge in [0.1, 0.15) is 0 Å². The van der Waals surface area contributed by atoms with Crippen molar-refractivity contribution in [2.75, 3.05) is 0 Å². The minimum absolute atomic E-state index is 0.487. The number of carboxylic acids is 2. The summed E-state index contributed by atoms with van der Waals surface area (Å²) in [7, 11) is 0. The van der Waals surface area contributed by atoms with Crippen LogP contribution >= 0.6 is 0 Å². The normalized spacial score (nSPS) is 10.2. The lowest BCUT2D eigenvalue weighted by Gasteiger charge is -2.07. The van der Waals surface area contributed by atoms with Crippen molar-refractivity contribution < 1.29 is 49.4 Å². The zero-order valence-electron chi connectivity index (χ0n) is 12.7. The number of benzene rings is 2. The zero-order chi connectivity index (χ0) is 19.6. The highest BCUT2D eigenvalue weighted by atomic mass is 16.6. The average molecular weight is 362 g/mol. The Kier molecular flexibility index (Phi) is 4.78. The number of hydrogen-bond acceptors (Lipinski definition) is 8. The van der Waals surface area contributed by atoms with Gasteiger partial charge in [0, 0.05) is 0 Å². The highest BCUT2D eigenvalue weighted by Crippen LogP contribution is 2.35. The van der Waals surface area contributed by atoms with E-state index >= 15 is 0 Å². The minimum Gasteiger partial charge on any atom is -0.504 e. The first-order chi connectivity index (χ1) is 12.1. The van der Waals surface area contributed by atoms with E-state index in [0.29, 0.717) is 0 Å². The smallest absolute Gasteiger partial charge is 0.346 e. The average Bonchev–Trinajstić information content (AvgIpc) is 2.58. The summed E-state index contributed by atoms with van der Waals surface area (Å²) in [5.74, 6) is -8.25. The zero-order valence-corrected chi connectivity index (χ0v) is 12.7. The van der Waals surface area contributed by atoms with Crippen LogP contribution in [-0.4, -0.2) is 49.4 Å². The molecule has 0 aliphatic rings. The predicted octanol–water partition coefficient (Wildman–Crippen LogP) is 1.20. The Bertz CT molecular complexity index is 889. The van der Waals surface area contributed by atoms with Crippen molar-refractivity contribution in [1.82, 2.24) is 0 Å². The largest absolute Gasteiger partial charge is 0.504 e. The monoisotopic (exact) mass is 362 g/mol. The molecule has 0 bridgehead atoms. The van der Waals surface area contributed by atoms with Gasteiger partial charge in [-0.05, 0) is 30.3 Å². The summed E-state index contributed by atoms with van der Waals surface area (Å²) < 4.78 is 4.47. The minimum atomic E-state index is -1.50. The van der Waals surface area contributed by atoms with E-state index in [-0.39, 0.29) is 0 Å². The molecule has 0 atom stereocenters. The fourth-order valence-corrected chi connectivity index (χ4v) is 1.92. The number of esters is 2. The van der Waals surface area contributed by atoms with Crippen molar-refractivity contribution in [3.63, 3.8) is 0 Å². The first-order valence-corrected chi connectivity index (χ1v) is 6.73. The molecule has 0 unspecified atom stereocenters. The molecular weight excluding hydrogens is 352 g/mol. The quantitative estimate of drug-likeness (QED) is 0.301. The second-order valence-electron chi connectivity index (χ2n) is 4.95. The lowest BCUT2D eigenvalue weighted by atomic mass is 10.1. The van der Waals surface area contributed by atoms with E-state index in [2.05, 4.69) is 4.74 Å². The molecule has 0 saturated heterocycles. The van der Waals surface area contributed by atoms with E-state index in [0.717, 1.165) is 30.3 Å². The molecule has 2 aromatic carbocycles. The van der Waals surface area contributed by atoms with Gasteiger partial charge < -0.3 is 30.3 Å². The Morgan fingerprint density at radius 2 is 0.962 bits per heavy atom. The number of ether oxygens (including phenoxy) is 1. The van der Waals surface area contributed by atoms with Crippen molar-refractivity contribution in [2.45, 2.75) is 0 Å². The molecule has 0 aromatic heterocycles. The molecule has 2 aromatic rings. The molecule has 0 fully saturated rings. The maximum Gasteiger partial charge on any atom is 0.346 e. The van der Waals surface area contributed by atoms with Crippen molar-refractivity contribution in [2.24, 2.45) is 0 Å². The van der Waals surface area contributed by atoms with E-state index < -0.39 is 63.4 Å². The Hall–Kier alpha value is -4.08. The standard InChI is InChI=1S/C16H10O10/c17-10-4-9(5-11(18)12(10)19)16(25)26-15(24)8-2-6(13(20)21)1-7(3-8)14(22)23/h1-5,17-19H,(H,20,21)(H,22,23). The molecule has 10 nitrogen and oxygen atoms in total. The van der Waals surface area contributed by atoms with Gasteiger partial charge in [0.05, 0.1) is 22.3 Å². The van der Waals surface area contributed by atoms with Gasteiger partial charge in [-0.15, -0.1) is 0 Å². The molecule has 0 heterocycles. The van der Waals surface area contributed by atoms with Crippen LogP contribution in [0.25, 0.3) is 0 Å². The van der Waals surface area contributed by atoms with Gasteiger partial charge >= 0.3 is 23.9 Å². The van der Waals surface area contributed by atoms with Crippen molar-refractivity contribution in [3.8, 4) is 17.2 Å². The number of carboxylic acid groups (broad SMARTS) is 2. The van der Waals surface area contributed by atoms with Gasteiger partial charge in [-0.25, -0.2) is 19.2 Å². The molecule has 26 heavy (non-hydrogen) atoms. The second-order valence-corrected chi connectivity index (χ2v) is 4.95. The summed E-state index contributed by atoms with van der Waals surface area (Å²) >= 11 is 0. The predicted molar refractivity (Wildman–Crippen MR) is 81.5 cm³/mol. The number of phenols is 3. The van der Waals surface area contributed by atoms with Crippen LogP contribution in [0.5, 0.6) is 17.2 Å². The van der Waals surface area contributed by atoms with Crippen molar-refractivity contribution >= 4 is 23.9 Å². The molecule has 10 heteroatoms. The topological polar surface area (TPSA) is 179 Å². The Morgan fingerprint density at radius 3 is 1.35 bits per heavy atom. The highest BCUT2D eigenvalue weighted by molar-refractivity contribution is 6.05. The first-order valence-electron chi connectivity index (χ1n) is 6.73. The van der Waals surface area contributed by atoms with Gasteiger partial charge in [0.2, 0.25) is 0 Å². The molecule has 2 rings (SSSR count). The van der Waals surface area contributed by atoms with Gasteiger partial charge in [0.15, 0.2) is 17.2 Å². The fraction of sp³-hybridized carbons (Fsp3) is 0. The Balaban J connectivity index is 2.33. The SMILES string of the molecule is O=C(O)c1cc(C(=O)O)cc(C(=O)OC(=O)c2cc(O)c(O)c(O)c2)c1. The summed E-state index contributed by atoms with van der Waals surface area (Å²) in [6, 6.07) is 3.90. The van der Waals surface area contributed by atoms with Gasteiger partial charge in [-0.1, -0.05) is 0 Å². The van der Waals surface area contributed by atoms with Crippen LogP contribution in [0.1, 0.15) is 41.4 Å². The van der Waals surface area contributed by atoms with E-state index in [4.69, 9.17) is 10.2 Å². The lowest BCUT2D eigenvalue weighted by molar-refractivity contribution is 0.0397. The van der Waals surface area contributed by atoms with Crippen LogP contribution in [0.2, 0.25) is 0 Å². The maximum absolute atomic E-state index is 12.0. The van der Waals surface area contributed by atoms with Gasteiger partial charge in [-0.2, -0.15) is 0 Å². The van der Waals surface area contributed by atoms with Crippen LogP contribution in [0, 0.1) is 0 Å². The molecule has 0 aliphatic heterocycles. The van der Waals surface area contributed by atoms with Crippen LogP contribution < -0.4 is 0 Å². The third-order valence-electron chi connectivity index (χ3n) is 3.15. The summed E-state index contributed by atoms with van der Waals surface area (Å²) in [6.07, 6.45) is 0. The molecule has 134 valence electrons. The van der Waals surface area contributed by atoms with Crippen LogP contribution in [-0.2, 0) is 4.74 Å². The summed E-state index contributed by atoms with van der Waals surface area (Å²) in [6.45, 7) is 0. The number of rotatable bonds is 4. The third kappa shape index (κ3) is 3.70. The highest BCUT2D eigenvalue weighted by Gasteiger charge is 2.21. The molecule has 0 amide bonds. The maximum atomic E-state index is 12.0. The van der Waals surface area contributed by atoms with E-state index in [1.165, 1.54) is 0 Å². The molecular formula is C16H10O10. The van der Waals surface area contributed by atoms with E-state index in [9.17, 15) is 34.5 Å². The molecule has 5 N–H and O–H groups in total. The fourth-order valence-electron chi connectivity index (χ4n) is 1.92. The number of aromatic hydroxyl groups is 3. The third-order valence-corrected chi connectivity index (χ3v) is 3.15. The van der Waals surface area contributed by atoms with Crippen LogP contribution in [0.4, 0.5) is 0 Å². The van der Waals surface area contributed by atoms with E-state index in [1.54, 1.807) is 0 Å². The number of carbonyl (C=O) groups excluding carboxylic acids is 2. The number of hydrogen-bond donors (Lipinski definition) is 5. The second kappa shape index (κ2) is 6.81. The van der Waals surface area contributed by atoms with Crippen LogP contribution in [0.3, 0.4) is 0 Å². The number of carbonyl (C=O) groups is 4. The Labute approximate surface area is 144 Å². The molecule has 0 aliphatic carbocycles. The summed E-state index contributed by atoms with van der Waals surface area (Å²) in [5, 5.41) is 45.8. The van der Waals surface area contributed by atoms with Gasteiger partial charge in [-0.3, -0.25) is 0 Å². The van der Waals surface area contributed by atoms with Crippen molar-refractivity contribution in [1.29, 1.82) is 0 Å². The summed E-state index contributed by atoms with van der Waals surface area (Å²) in [5.41, 5.74) is -2.02. The van der Waals surface area contributed by atoms with Crippen LogP contribution in [0.15, 0.2) is 30.3 Å².